The van der Waals surface area contributed by atoms with Crippen LogP contribution in [0.3, 0.4) is 0 Å². The largest absolute Gasteiger partial charge is 0.478 e. The quantitative estimate of drug-likeness (QED) is 0.545. The van der Waals surface area contributed by atoms with Gasteiger partial charge in [-0.2, -0.15) is 0 Å². The van der Waals surface area contributed by atoms with Gasteiger partial charge in [0.1, 0.15) is 11.5 Å². The SMILES string of the molecule is O=C(O)c1ccc(CN2CCC(NCc3ccc(Oc4ccccc4)cc3)CC2)cc1. The van der Waals surface area contributed by atoms with E-state index >= 15 is 0 Å². The van der Waals surface area contributed by atoms with Gasteiger partial charge >= 0.3 is 5.97 Å². The normalized spacial score (nSPS) is 15.0. The van der Waals surface area contributed by atoms with Gasteiger partial charge in [-0.1, -0.05) is 42.5 Å². The van der Waals surface area contributed by atoms with Gasteiger partial charge in [0, 0.05) is 19.1 Å². The number of benzene rings is 3. The third-order valence-electron chi connectivity index (χ3n) is 5.69. The molecule has 0 aromatic heterocycles. The maximum atomic E-state index is 11.0. The zero-order valence-corrected chi connectivity index (χ0v) is 17.5. The number of aromatic carboxylic acids is 1. The second-order valence-corrected chi connectivity index (χ2v) is 7.99. The monoisotopic (exact) mass is 416 g/mol. The summed E-state index contributed by atoms with van der Waals surface area (Å²) in [7, 11) is 0. The lowest BCUT2D eigenvalue weighted by Crippen LogP contribution is -2.41. The van der Waals surface area contributed by atoms with Crippen LogP contribution in [0.1, 0.15) is 34.3 Å². The fourth-order valence-corrected chi connectivity index (χ4v) is 3.87. The highest BCUT2D eigenvalue weighted by Gasteiger charge is 2.19. The van der Waals surface area contributed by atoms with Crippen molar-refractivity contribution < 1.29 is 14.6 Å². The Bertz CT molecular complexity index is 964. The van der Waals surface area contributed by atoms with Gasteiger partial charge in [-0.3, -0.25) is 4.90 Å². The number of nitrogens with zero attached hydrogens (tertiary/aromatic N) is 1. The van der Waals surface area contributed by atoms with Crippen LogP contribution in [0.4, 0.5) is 0 Å². The van der Waals surface area contributed by atoms with E-state index in [2.05, 4.69) is 22.3 Å². The number of carboxylic acids is 1. The number of ether oxygens (including phenoxy) is 1. The third kappa shape index (κ3) is 6.17. The molecule has 1 fully saturated rings. The number of carbonyl (C=O) groups is 1. The highest BCUT2D eigenvalue weighted by atomic mass is 16.5. The number of nitrogens with one attached hydrogen (secondary N) is 1. The summed E-state index contributed by atoms with van der Waals surface area (Å²) in [5, 5.41) is 12.7. The van der Waals surface area contributed by atoms with Gasteiger partial charge in [0.25, 0.3) is 0 Å². The molecule has 0 atom stereocenters. The Labute approximate surface area is 183 Å². The topological polar surface area (TPSA) is 61.8 Å². The molecule has 3 aromatic carbocycles. The van der Waals surface area contributed by atoms with Crippen molar-refractivity contribution in [1.82, 2.24) is 10.2 Å². The van der Waals surface area contributed by atoms with Crippen molar-refractivity contribution in [2.45, 2.75) is 32.0 Å². The molecule has 0 unspecified atom stereocenters. The number of piperidine rings is 1. The highest BCUT2D eigenvalue weighted by Crippen LogP contribution is 2.21. The molecule has 4 rings (SSSR count). The summed E-state index contributed by atoms with van der Waals surface area (Å²) >= 11 is 0. The van der Waals surface area contributed by atoms with Crippen LogP contribution >= 0.6 is 0 Å². The van der Waals surface area contributed by atoms with Crippen molar-refractivity contribution in [3.63, 3.8) is 0 Å². The highest BCUT2D eigenvalue weighted by molar-refractivity contribution is 5.87. The average Bonchev–Trinajstić information content (AvgIpc) is 2.81. The van der Waals surface area contributed by atoms with Crippen molar-refractivity contribution in [2.24, 2.45) is 0 Å². The lowest BCUT2D eigenvalue weighted by molar-refractivity contribution is 0.0697. The van der Waals surface area contributed by atoms with E-state index in [-0.39, 0.29) is 0 Å². The van der Waals surface area contributed by atoms with Gasteiger partial charge in [-0.15, -0.1) is 0 Å². The molecule has 31 heavy (non-hydrogen) atoms. The molecule has 1 aliphatic heterocycles. The van der Waals surface area contributed by atoms with Crippen LogP contribution in [0.25, 0.3) is 0 Å². The zero-order valence-electron chi connectivity index (χ0n) is 17.5. The molecule has 2 N–H and O–H groups in total. The lowest BCUT2D eigenvalue weighted by atomic mass is 10.0. The Kier molecular flexibility index (Phi) is 6.97. The summed E-state index contributed by atoms with van der Waals surface area (Å²) in [6.45, 7) is 3.81. The molecular formula is C26H28N2O3. The van der Waals surface area contributed by atoms with E-state index in [1.807, 2.05) is 54.6 Å². The Morgan fingerprint density at radius 2 is 1.48 bits per heavy atom. The summed E-state index contributed by atoms with van der Waals surface area (Å²) in [6, 6.07) is 25.8. The molecular weight excluding hydrogens is 388 g/mol. The number of likely N-dealkylation sites (tertiary alicyclic amines) is 1. The van der Waals surface area contributed by atoms with Crippen LogP contribution in [0.2, 0.25) is 0 Å². The van der Waals surface area contributed by atoms with Gasteiger partial charge in [0.05, 0.1) is 5.56 Å². The van der Waals surface area contributed by atoms with Crippen LogP contribution in [0, 0.1) is 0 Å². The zero-order chi connectivity index (χ0) is 21.5. The fraction of sp³-hybridized carbons (Fsp3) is 0.269. The first kappa shape index (κ1) is 21.1. The molecule has 0 saturated carbocycles. The smallest absolute Gasteiger partial charge is 0.335 e. The van der Waals surface area contributed by atoms with Crippen molar-refractivity contribution in [1.29, 1.82) is 0 Å². The minimum absolute atomic E-state index is 0.339. The van der Waals surface area contributed by atoms with E-state index < -0.39 is 5.97 Å². The second-order valence-electron chi connectivity index (χ2n) is 7.99. The van der Waals surface area contributed by atoms with E-state index in [9.17, 15) is 4.79 Å². The molecule has 1 aliphatic rings. The molecule has 3 aromatic rings. The lowest BCUT2D eigenvalue weighted by Gasteiger charge is -2.32. The fourth-order valence-electron chi connectivity index (χ4n) is 3.87. The van der Waals surface area contributed by atoms with Gasteiger partial charge in [-0.25, -0.2) is 4.79 Å². The standard InChI is InChI=1S/C26H28N2O3/c29-26(30)22-10-6-21(7-11-22)19-28-16-14-23(15-17-28)27-18-20-8-12-25(13-9-20)31-24-4-2-1-3-5-24/h1-13,23,27H,14-19H2,(H,29,30). The summed E-state index contributed by atoms with van der Waals surface area (Å²) < 4.78 is 5.85. The molecule has 5 nitrogen and oxygen atoms in total. The Balaban J connectivity index is 1.19. The number of hydrogen-bond acceptors (Lipinski definition) is 4. The second kappa shape index (κ2) is 10.2. The van der Waals surface area contributed by atoms with Crippen LogP contribution in [-0.4, -0.2) is 35.1 Å². The average molecular weight is 417 g/mol. The van der Waals surface area contributed by atoms with Gasteiger partial charge in [-0.05, 0) is 73.5 Å². The number of rotatable bonds is 8. The molecule has 0 aliphatic carbocycles. The van der Waals surface area contributed by atoms with Gasteiger partial charge in [0.15, 0.2) is 0 Å². The molecule has 1 saturated heterocycles. The number of para-hydroxylation sites is 1. The van der Waals surface area contributed by atoms with Crippen LogP contribution in [0.15, 0.2) is 78.9 Å². The van der Waals surface area contributed by atoms with Crippen LogP contribution in [-0.2, 0) is 13.1 Å². The molecule has 0 bridgehead atoms. The van der Waals surface area contributed by atoms with Gasteiger partial charge < -0.3 is 15.2 Å². The molecule has 0 amide bonds. The van der Waals surface area contributed by atoms with E-state index in [1.165, 1.54) is 5.56 Å². The summed E-state index contributed by atoms with van der Waals surface area (Å²) in [5.41, 5.74) is 2.75. The van der Waals surface area contributed by atoms with E-state index in [0.717, 1.165) is 56.1 Å². The van der Waals surface area contributed by atoms with E-state index in [1.54, 1.807) is 12.1 Å². The summed E-state index contributed by atoms with van der Waals surface area (Å²) in [5.74, 6) is 0.814. The third-order valence-corrected chi connectivity index (χ3v) is 5.69. The molecule has 0 spiro atoms. The Hall–Kier alpha value is -3.15. The molecule has 5 heteroatoms. The molecule has 1 heterocycles. The summed E-state index contributed by atoms with van der Waals surface area (Å²) in [4.78, 5) is 13.4. The van der Waals surface area contributed by atoms with Gasteiger partial charge in [0.2, 0.25) is 0 Å². The first-order valence-electron chi connectivity index (χ1n) is 10.8. The maximum absolute atomic E-state index is 11.0. The van der Waals surface area contributed by atoms with E-state index in [0.29, 0.717) is 11.6 Å². The molecule has 0 radical (unpaired) electrons. The maximum Gasteiger partial charge on any atom is 0.335 e. The minimum Gasteiger partial charge on any atom is -0.478 e. The summed E-state index contributed by atoms with van der Waals surface area (Å²) in [6.07, 6.45) is 2.23. The van der Waals surface area contributed by atoms with Crippen LogP contribution < -0.4 is 10.1 Å². The first-order chi connectivity index (χ1) is 15.2. The van der Waals surface area contributed by atoms with E-state index in [4.69, 9.17) is 9.84 Å². The predicted molar refractivity (Wildman–Crippen MR) is 121 cm³/mol. The number of carboxylic acid groups (broad SMARTS) is 1. The number of hydrogen-bond donors (Lipinski definition) is 2. The first-order valence-corrected chi connectivity index (χ1v) is 10.8. The van der Waals surface area contributed by atoms with Crippen molar-refractivity contribution >= 4 is 5.97 Å². The van der Waals surface area contributed by atoms with Crippen molar-refractivity contribution in [3.05, 3.63) is 95.6 Å². The van der Waals surface area contributed by atoms with Crippen molar-refractivity contribution in [3.8, 4) is 11.5 Å². The minimum atomic E-state index is -0.878. The predicted octanol–water partition coefficient (Wildman–Crippen LogP) is 4.93. The van der Waals surface area contributed by atoms with Crippen LogP contribution in [0.5, 0.6) is 11.5 Å². The molecule has 160 valence electrons. The van der Waals surface area contributed by atoms with Crippen molar-refractivity contribution in [2.75, 3.05) is 13.1 Å². The Morgan fingerprint density at radius 3 is 2.13 bits per heavy atom. The Morgan fingerprint density at radius 1 is 0.871 bits per heavy atom.